The van der Waals surface area contributed by atoms with Crippen molar-refractivity contribution >= 4 is 28.0 Å². The van der Waals surface area contributed by atoms with Crippen molar-refractivity contribution in [2.75, 3.05) is 0 Å². The Morgan fingerprint density at radius 1 is 1.40 bits per heavy atom. The maximum absolute atomic E-state index is 8.59. The van der Waals surface area contributed by atoms with Crippen LogP contribution < -0.4 is 0 Å². The first-order valence-electron chi connectivity index (χ1n) is 0.565. The highest BCUT2D eigenvalue weighted by Gasteiger charge is 1.44. The van der Waals surface area contributed by atoms with E-state index < -0.39 is 11.0 Å². The van der Waals surface area contributed by atoms with E-state index in [1.165, 1.54) is 0 Å². The van der Waals surface area contributed by atoms with E-state index in [0.29, 0.717) is 0 Å². The summed E-state index contributed by atoms with van der Waals surface area (Å²) in [5, 5.41) is 0. The van der Waals surface area contributed by atoms with Crippen LogP contribution in [-0.2, 0) is 11.0 Å². The molecule has 34 valence electrons. The average molecular weight is 163 g/mol. The van der Waals surface area contributed by atoms with Crippen LogP contribution in [0.4, 0.5) is 0 Å². The molecule has 0 heterocycles. The molecule has 0 spiro atoms. The predicted octanol–water partition coefficient (Wildman–Crippen LogP) is -0.351. The van der Waals surface area contributed by atoms with E-state index in [4.69, 9.17) is 13.0 Å². The Morgan fingerprint density at radius 2 is 1.40 bits per heavy atom. The summed E-state index contributed by atoms with van der Waals surface area (Å²) in [5.74, 6) is 0. The predicted molar refractivity (Wildman–Crippen MR) is 23.3 cm³/mol. The lowest BCUT2D eigenvalue weighted by Crippen LogP contribution is -1.58. The number of thiol groups is 1. The first-order valence-corrected chi connectivity index (χ1v) is 1.70. The van der Waals surface area contributed by atoms with Crippen LogP contribution in [0.15, 0.2) is 0 Å². The van der Waals surface area contributed by atoms with Crippen LogP contribution in [0.2, 0.25) is 0 Å². The number of hydrogen-bond acceptors (Lipinski definition) is 2. The van der Waals surface area contributed by atoms with E-state index >= 15 is 0 Å². The van der Waals surface area contributed by atoms with Gasteiger partial charge in [-0.05, 0) is 0 Å². The van der Waals surface area contributed by atoms with E-state index in [0.717, 1.165) is 0 Å². The third kappa shape index (κ3) is 165. The molecule has 0 unspecified atom stereocenters. The van der Waals surface area contributed by atoms with Crippen LogP contribution in [0.1, 0.15) is 0 Å². The van der Waals surface area contributed by atoms with Gasteiger partial charge in [-0.1, -0.05) is 0 Å². The van der Waals surface area contributed by atoms with Crippen LogP contribution in [0, 0.1) is 0 Å². The summed E-state index contributed by atoms with van der Waals surface area (Å²) < 4.78 is 24.2. The topological polar surface area (TPSA) is 54.4 Å². The van der Waals surface area contributed by atoms with Gasteiger partial charge in [0.05, 0.1) is 0 Å². The largest absolute Gasteiger partial charge is 0.288 e. The maximum Gasteiger partial charge on any atom is 0.254 e. The summed E-state index contributed by atoms with van der Waals surface area (Å²) >= 11 is 0. The Kier molecular flexibility index (Phi) is 7.94. The minimum Gasteiger partial charge on any atom is -0.288 e. The van der Waals surface area contributed by atoms with Crippen molar-refractivity contribution < 1.29 is 13.0 Å². The van der Waals surface area contributed by atoms with Crippen molar-refractivity contribution in [3.05, 3.63) is 0 Å². The Morgan fingerprint density at radius 3 is 1.40 bits per heavy atom. The average Bonchev–Trinajstić information content (AvgIpc) is 0.811. The van der Waals surface area contributed by atoms with Crippen LogP contribution >= 0.6 is 17.0 Å². The second kappa shape index (κ2) is 4.39. The molecule has 0 amide bonds. The highest BCUT2D eigenvalue weighted by atomic mass is 79.9. The summed E-state index contributed by atoms with van der Waals surface area (Å²) in [7, 11) is -3.12. The number of rotatable bonds is 0. The lowest BCUT2D eigenvalue weighted by atomic mass is 15.9. The third-order valence-electron chi connectivity index (χ3n) is 0. The van der Waals surface area contributed by atoms with Crippen molar-refractivity contribution in [2.24, 2.45) is 0 Å². The van der Waals surface area contributed by atoms with Crippen molar-refractivity contribution in [1.82, 2.24) is 0 Å². The molecule has 3 nitrogen and oxygen atoms in total. The molecule has 0 radical (unpaired) electrons. The molecule has 0 fully saturated rings. The van der Waals surface area contributed by atoms with Gasteiger partial charge in [0.1, 0.15) is 0 Å². The molecule has 0 aliphatic heterocycles. The molecule has 0 aromatic carbocycles. The molecule has 0 saturated heterocycles. The molecule has 0 rings (SSSR count). The maximum atomic E-state index is 8.59. The van der Waals surface area contributed by atoms with Crippen LogP contribution in [-0.4, -0.2) is 13.0 Å². The molecule has 0 aliphatic rings. The summed E-state index contributed by atoms with van der Waals surface area (Å²) in [6.07, 6.45) is 0. The monoisotopic (exact) mass is 162 g/mol. The number of hydrogen-bond donors (Lipinski definition) is 2. The molecule has 0 aromatic heterocycles. The van der Waals surface area contributed by atoms with Crippen molar-refractivity contribution in [2.45, 2.75) is 0 Å². The molecular formula is H3BrO3S. The normalized spacial score (nSPS) is 6.80. The molecule has 0 aromatic rings. The smallest absolute Gasteiger partial charge is 0.254 e. The zero-order valence-corrected chi connectivity index (χ0v) is 4.73. The molecule has 0 atom stereocenters. The molecule has 0 aliphatic carbocycles. The van der Waals surface area contributed by atoms with Gasteiger partial charge in [0.2, 0.25) is 0 Å². The van der Waals surface area contributed by atoms with Gasteiger partial charge in [0.25, 0.3) is 11.0 Å². The quantitative estimate of drug-likeness (QED) is 0.379. The fourth-order valence-corrected chi connectivity index (χ4v) is 0. The van der Waals surface area contributed by atoms with Crippen molar-refractivity contribution in [3.63, 3.8) is 0 Å². The summed E-state index contributed by atoms with van der Waals surface area (Å²) in [4.78, 5) is 0. The van der Waals surface area contributed by atoms with Crippen molar-refractivity contribution in [3.8, 4) is 0 Å². The lowest BCUT2D eigenvalue weighted by molar-refractivity contribution is 0.509. The highest BCUT2D eigenvalue weighted by molar-refractivity contribution is 8.93. The van der Waals surface area contributed by atoms with Gasteiger partial charge in [-0.2, -0.15) is 0 Å². The summed E-state index contributed by atoms with van der Waals surface area (Å²) in [6, 6.07) is 0. The molecule has 1 N–H and O–H groups in total. The van der Waals surface area contributed by atoms with E-state index in [-0.39, 0.29) is 17.0 Å². The second-order valence-electron chi connectivity index (χ2n) is 0.238. The lowest BCUT2D eigenvalue weighted by Gasteiger charge is -1.43. The second-order valence-corrected chi connectivity index (χ2v) is 0.714. The van der Waals surface area contributed by atoms with Crippen LogP contribution in [0.3, 0.4) is 0 Å². The molecule has 5 heavy (non-hydrogen) atoms. The van der Waals surface area contributed by atoms with E-state index in [1.807, 2.05) is 0 Å². The van der Waals surface area contributed by atoms with E-state index in [9.17, 15) is 0 Å². The van der Waals surface area contributed by atoms with Crippen LogP contribution in [0.5, 0.6) is 0 Å². The zero-order chi connectivity index (χ0) is 3.58. The Hall–Kier alpha value is 0.390. The van der Waals surface area contributed by atoms with E-state index in [2.05, 4.69) is 0 Å². The van der Waals surface area contributed by atoms with E-state index in [1.54, 1.807) is 0 Å². The van der Waals surface area contributed by atoms with Crippen molar-refractivity contribution in [1.29, 1.82) is 0 Å². The number of halogens is 1. The molecule has 0 saturated carbocycles. The zero-order valence-electron chi connectivity index (χ0n) is 2.12. The van der Waals surface area contributed by atoms with Gasteiger partial charge in [-0.3, -0.25) is 4.55 Å². The minimum atomic E-state index is -3.12. The first kappa shape index (κ1) is 9.04. The Bertz CT molecular complexity index is 55.3. The van der Waals surface area contributed by atoms with Gasteiger partial charge >= 0.3 is 0 Å². The Labute approximate surface area is 41.5 Å². The minimum absolute atomic E-state index is 0. The fraction of sp³-hybridized carbons (Fsp3) is 0. The van der Waals surface area contributed by atoms with Crippen LogP contribution in [0.25, 0.3) is 0 Å². The summed E-state index contributed by atoms with van der Waals surface area (Å²) in [5.41, 5.74) is 0. The molecular weight excluding hydrogens is 160 g/mol. The van der Waals surface area contributed by atoms with Gasteiger partial charge in [0, 0.05) is 0 Å². The SMILES string of the molecule is Br.O=[SH](=O)O. The first-order chi connectivity index (χ1) is 1.73. The Balaban J connectivity index is 0. The fourth-order valence-electron chi connectivity index (χ4n) is 0. The standard InChI is InChI=1S/BrH.H2O3S/c;1-4(2)3/h1H;4H,(H,1,2,3). The van der Waals surface area contributed by atoms with Gasteiger partial charge in [0.15, 0.2) is 0 Å². The highest BCUT2D eigenvalue weighted by Crippen LogP contribution is 1.27. The third-order valence-corrected chi connectivity index (χ3v) is 0. The van der Waals surface area contributed by atoms with Gasteiger partial charge in [-0.25, -0.2) is 8.42 Å². The molecule has 5 heteroatoms. The molecule has 0 bridgehead atoms. The van der Waals surface area contributed by atoms with Gasteiger partial charge in [-0.15, -0.1) is 17.0 Å². The summed E-state index contributed by atoms with van der Waals surface area (Å²) in [6.45, 7) is 0. The van der Waals surface area contributed by atoms with Gasteiger partial charge < -0.3 is 0 Å².